The molecule has 11 heteroatoms. The molecule has 0 atom stereocenters. The summed E-state index contributed by atoms with van der Waals surface area (Å²) in [6.07, 6.45) is 0.420. The quantitative estimate of drug-likeness (QED) is 0.218. The van der Waals surface area contributed by atoms with E-state index in [0.717, 1.165) is 0 Å². The zero-order chi connectivity index (χ0) is 21.6. The molecule has 0 saturated heterocycles. The molecule has 0 rings (SSSR count). The molecule has 0 aliphatic heterocycles. The predicted octanol–water partition coefficient (Wildman–Crippen LogP) is 1.06. The normalized spacial score (nSPS) is 10.4. The molecule has 0 aliphatic carbocycles. The van der Waals surface area contributed by atoms with Gasteiger partial charge in [0.15, 0.2) is 0 Å². The Hall–Kier alpha value is -0.677. The zero-order valence-electron chi connectivity index (χ0n) is 18.1. The van der Waals surface area contributed by atoms with Crippen LogP contribution in [-0.2, 0) is 57.5 Å². The third kappa shape index (κ3) is 38.5. The number of aliphatic carboxylic acids is 2. The van der Waals surface area contributed by atoms with Crippen molar-refractivity contribution in [2.45, 2.75) is 39.9 Å². The van der Waals surface area contributed by atoms with E-state index in [4.69, 9.17) is 38.6 Å². The molecule has 0 heterocycles. The first-order chi connectivity index (χ1) is 13.3. The van der Waals surface area contributed by atoms with E-state index in [9.17, 15) is 9.59 Å². The van der Waals surface area contributed by atoms with Gasteiger partial charge in [0.2, 0.25) is 0 Å². The third-order valence-electron chi connectivity index (χ3n) is 2.55. The Morgan fingerprint density at radius 2 is 0.862 bits per heavy atom. The van der Waals surface area contributed by atoms with Gasteiger partial charge in [-0.2, -0.15) is 0 Å². The summed E-state index contributed by atoms with van der Waals surface area (Å²) in [6.45, 7) is 10.8. The summed E-state index contributed by atoms with van der Waals surface area (Å²) in [5.41, 5.74) is 0. The standard InChI is InChI=1S/2C9H18O5.Zn/c2*1-8(2)14-6-5-12-3-4-13-7-9(10)11;/h2*8H,3-7H2,1-2H3,(H,10,11);. The minimum atomic E-state index is -0.965. The van der Waals surface area contributed by atoms with Crippen molar-refractivity contribution in [2.24, 2.45) is 0 Å². The average molecular weight is 478 g/mol. The summed E-state index contributed by atoms with van der Waals surface area (Å²) in [5.74, 6) is -1.93. The Balaban J connectivity index is -0.000000451. The summed E-state index contributed by atoms with van der Waals surface area (Å²) in [4.78, 5) is 20.0. The summed E-state index contributed by atoms with van der Waals surface area (Å²) in [5, 5.41) is 16.5. The van der Waals surface area contributed by atoms with E-state index in [1.807, 2.05) is 27.7 Å². The predicted molar refractivity (Wildman–Crippen MR) is 101 cm³/mol. The van der Waals surface area contributed by atoms with Gasteiger partial charge in [0, 0.05) is 19.5 Å². The zero-order valence-corrected chi connectivity index (χ0v) is 21.1. The molecule has 0 amide bonds. The van der Waals surface area contributed by atoms with Gasteiger partial charge in [0.1, 0.15) is 13.2 Å². The molecule has 0 bridgehead atoms. The van der Waals surface area contributed by atoms with Crippen molar-refractivity contribution >= 4 is 11.9 Å². The minimum Gasteiger partial charge on any atom is -0.480 e. The fourth-order valence-corrected chi connectivity index (χ4v) is 1.44. The number of carboxylic acids is 2. The second-order valence-electron chi connectivity index (χ2n) is 5.96. The van der Waals surface area contributed by atoms with E-state index in [2.05, 4.69) is 0 Å². The van der Waals surface area contributed by atoms with E-state index in [0.29, 0.717) is 52.9 Å². The van der Waals surface area contributed by atoms with Crippen molar-refractivity contribution in [2.75, 3.05) is 66.1 Å². The third-order valence-corrected chi connectivity index (χ3v) is 2.55. The van der Waals surface area contributed by atoms with Crippen LogP contribution in [0, 0.1) is 0 Å². The van der Waals surface area contributed by atoms with Crippen LogP contribution in [0.1, 0.15) is 27.7 Å². The van der Waals surface area contributed by atoms with E-state index in [1.165, 1.54) is 0 Å². The molecule has 2 N–H and O–H groups in total. The Morgan fingerprint density at radius 1 is 0.586 bits per heavy atom. The van der Waals surface area contributed by atoms with Crippen LogP contribution < -0.4 is 0 Å². The molecule has 0 unspecified atom stereocenters. The largest absolute Gasteiger partial charge is 0.480 e. The van der Waals surface area contributed by atoms with Crippen LogP contribution in [0.25, 0.3) is 0 Å². The number of hydrogen-bond donors (Lipinski definition) is 2. The van der Waals surface area contributed by atoms with Crippen molar-refractivity contribution in [3.8, 4) is 0 Å². The molecule has 0 aromatic carbocycles. The van der Waals surface area contributed by atoms with Gasteiger partial charge in [-0.25, -0.2) is 9.59 Å². The Labute approximate surface area is 185 Å². The smallest absolute Gasteiger partial charge is 0.329 e. The van der Waals surface area contributed by atoms with Crippen LogP contribution in [0.5, 0.6) is 0 Å². The molecule has 0 aromatic heterocycles. The van der Waals surface area contributed by atoms with Crippen molar-refractivity contribution in [3.05, 3.63) is 0 Å². The summed E-state index contributed by atoms with van der Waals surface area (Å²) < 4.78 is 30.2. The van der Waals surface area contributed by atoms with Crippen molar-refractivity contribution in [1.29, 1.82) is 0 Å². The maximum atomic E-state index is 10.0. The van der Waals surface area contributed by atoms with Gasteiger partial charge in [-0.05, 0) is 27.7 Å². The van der Waals surface area contributed by atoms with Crippen LogP contribution in [0.15, 0.2) is 0 Å². The molecular weight excluding hydrogens is 442 g/mol. The number of rotatable bonds is 18. The van der Waals surface area contributed by atoms with Gasteiger partial charge < -0.3 is 38.6 Å². The summed E-state index contributed by atoms with van der Waals surface area (Å²) in [7, 11) is 0. The Bertz CT molecular complexity index is 333. The maximum Gasteiger partial charge on any atom is 0.329 e. The molecule has 10 nitrogen and oxygen atoms in total. The van der Waals surface area contributed by atoms with Crippen LogP contribution >= 0.6 is 0 Å². The van der Waals surface area contributed by atoms with E-state index < -0.39 is 11.9 Å². The van der Waals surface area contributed by atoms with E-state index in [-0.39, 0.29) is 44.9 Å². The van der Waals surface area contributed by atoms with Crippen LogP contribution in [0.2, 0.25) is 0 Å². The minimum absolute atomic E-state index is 0. The van der Waals surface area contributed by atoms with Gasteiger partial charge >= 0.3 is 11.9 Å². The molecule has 0 saturated carbocycles. The first kappa shape index (κ1) is 33.0. The average Bonchev–Trinajstić information content (AvgIpc) is 2.59. The monoisotopic (exact) mass is 476 g/mol. The van der Waals surface area contributed by atoms with Gasteiger partial charge in [0.05, 0.1) is 65.1 Å². The number of ether oxygens (including phenoxy) is 6. The van der Waals surface area contributed by atoms with Gasteiger partial charge in [0.25, 0.3) is 0 Å². The molecule has 170 valence electrons. The SMILES string of the molecule is CC(C)OCCOCCOCC(=O)O.CC(C)OCCOCCOCC(=O)O.[Zn]. The molecule has 0 aromatic rings. The molecule has 0 radical (unpaired) electrons. The number of carboxylic acid groups (broad SMARTS) is 2. The molecule has 0 spiro atoms. The molecular formula is C18H36O10Zn. The summed E-state index contributed by atoms with van der Waals surface area (Å²) in [6, 6.07) is 0. The fourth-order valence-electron chi connectivity index (χ4n) is 1.44. The Kier molecular flexibility index (Phi) is 28.8. The molecule has 0 aliphatic rings. The molecule has 29 heavy (non-hydrogen) atoms. The van der Waals surface area contributed by atoms with Crippen molar-refractivity contribution in [1.82, 2.24) is 0 Å². The second-order valence-corrected chi connectivity index (χ2v) is 5.96. The fraction of sp³-hybridized carbons (Fsp3) is 0.889. The topological polar surface area (TPSA) is 130 Å². The van der Waals surface area contributed by atoms with Crippen LogP contribution in [-0.4, -0.2) is 100 Å². The number of hydrogen-bond acceptors (Lipinski definition) is 8. The van der Waals surface area contributed by atoms with Gasteiger partial charge in [-0.3, -0.25) is 0 Å². The van der Waals surface area contributed by atoms with Crippen LogP contribution in [0.3, 0.4) is 0 Å². The first-order valence-corrected chi connectivity index (χ1v) is 9.23. The number of carbonyl (C=O) groups is 2. The molecule has 0 fully saturated rings. The second kappa shape index (κ2) is 25.4. The maximum absolute atomic E-state index is 10.0. The Morgan fingerprint density at radius 3 is 1.14 bits per heavy atom. The van der Waals surface area contributed by atoms with E-state index in [1.54, 1.807) is 0 Å². The summed E-state index contributed by atoms with van der Waals surface area (Å²) >= 11 is 0. The van der Waals surface area contributed by atoms with Gasteiger partial charge in [-0.1, -0.05) is 0 Å². The van der Waals surface area contributed by atoms with Crippen molar-refractivity contribution in [3.63, 3.8) is 0 Å². The van der Waals surface area contributed by atoms with Crippen molar-refractivity contribution < 1.29 is 67.7 Å². The van der Waals surface area contributed by atoms with Crippen LogP contribution in [0.4, 0.5) is 0 Å². The van der Waals surface area contributed by atoms with Gasteiger partial charge in [-0.15, -0.1) is 0 Å². The first-order valence-electron chi connectivity index (χ1n) is 9.23. The van der Waals surface area contributed by atoms with E-state index >= 15 is 0 Å².